The number of carbonyl (C=O) groups is 1. The van der Waals surface area contributed by atoms with E-state index >= 15 is 0 Å². The first-order valence-electron chi connectivity index (χ1n) is 11.3. The van der Waals surface area contributed by atoms with Crippen LogP contribution in [0.2, 0.25) is 0 Å². The van der Waals surface area contributed by atoms with E-state index in [1.807, 2.05) is 30.3 Å². The number of rotatable bonds is 8. The molecule has 2 aliphatic rings. The van der Waals surface area contributed by atoms with Crippen molar-refractivity contribution < 1.29 is 24.5 Å². The van der Waals surface area contributed by atoms with Crippen LogP contribution in [0.1, 0.15) is 43.2 Å². The first-order valence-corrected chi connectivity index (χ1v) is 11.3. The topological polar surface area (TPSA) is 92.1 Å². The lowest BCUT2D eigenvalue weighted by molar-refractivity contribution is -0.137. The highest BCUT2D eigenvalue weighted by atomic mass is 16.5. The number of ether oxygens (including phenoxy) is 2. The second kappa shape index (κ2) is 10.6. The molecule has 7 heteroatoms. The van der Waals surface area contributed by atoms with Gasteiger partial charge in [-0.25, -0.2) is 4.98 Å². The molecule has 2 aliphatic heterocycles. The Morgan fingerprint density at radius 1 is 1.25 bits per heavy atom. The van der Waals surface area contributed by atoms with Crippen LogP contribution in [0.3, 0.4) is 0 Å². The van der Waals surface area contributed by atoms with Crippen LogP contribution < -0.4 is 9.47 Å². The minimum absolute atomic E-state index is 0.0829. The van der Waals surface area contributed by atoms with Crippen LogP contribution in [0.25, 0.3) is 5.57 Å². The van der Waals surface area contributed by atoms with Crippen LogP contribution in [0, 0.1) is 0 Å². The Bertz CT molecular complexity index is 967. The van der Waals surface area contributed by atoms with Crippen molar-refractivity contribution in [1.29, 1.82) is 0 Å². The summed E-state index contributed by atoms with van der Waals surface area (Å²) in [5, 5.41) is 18.6. The first kappa shape index (κ1) is 22.3. The molecule has 3 heterocycles. The number of pyridine rings is 1. The van der Waals surface area contributed by atoms with Crippen LogP contribution in [-0.4, -0.2) is 58.4 Å². The van der Waals surface area contributed by atoms with Gasteiger partial charge in [-0.3, -0.25) is 4.79 Å². The van der Waals surface area contributed by atoms with Gasteiger partial charge in [0.15, 0.2) is 0 Å². The molecule has 2 aromatic rings. The van der Waals surface area contributed by atoms with Gasteiger partial charge in [-0.2, -0.15) is 0 Å². The summed E-state index contributed by atoms with van der Waals surface area (Å²) < 4.78 is 12.1. The third kappa shape index (κ3) is 5.66. The molecule has 0 saturated carbocycles. The zero-order valence-corrected chi connectivity index (χ0v) is 18.2. The Hall–Kier alpha value is -2.90. The molecule has 0 atom stereocenters. The fourth-order valence-corrected chi connectivity index (χ4v) is 4.21. The Morgan fingerprint density at radius 3 is 2.91 bits per heavy atom. The van der Waals surface area contributed by atoms with Gasteiger partial charge in [0.1, 0.15) is 11.5 Å². The number of carboxylic acids is 1. The summed E-state index contributed by atoms with van der Waals surface area (Å²) in [6.45, 7) is 3.16. The summed E-state index contributed by atoms with van der Waals surface area (Å²) >= 11 is 0. The predicted octanol–water partition coefficient (Wildman–Crippen LogP) is 3.90. The molecule has 170 valence electrons. The molecule has 0 amide bonds. The molecule has 1 aromatic carbocycles. The molecule has 7 nitrogen and oxygen atoms in total. The van der Waals surface area contributed by atoms with Crippen LogP contribution in [0.5, 0.6) is 17.4 Å². The van der Waals surface area contributed by atoms with E-state index < -0.39 is 5.97 Å². The Kier molecular flexibility index (Phi) is 7.39. The number of aromatic nitrogens is 1. The molecule has 1 saturated heterocycles. The van der Waals surface area contributed by atoms with Crippen molar-refractivity contribution in [3.8, 4) is 17.4 Å². The molecule has 2 N–H and O–H groups in total. The molecular weight excluding hydrogens is 408 g/mol. The SMILES string of the molecule is O=C(O)CCCOc1cccc2c1CC(=CCCN1CCC(O)CC1)c1cccnc1O2. The van der Waals surface area contributed by atoms with E-state index in [0.717, 1.165) is 61.3 Å². The standard InChI is InChI=1S/C25H30N2O5/c28-19-10-14-27(15-11-19)13-3-5-18-17-21-22(31-16-4-9-24(29)30)7-1-8-23(21)32-25-20(18)6-2-12-26-25/h1-2,5-8,12,19,28H,3-4,9-11,13-17H2,(H,29,30). The molecule has 0 unspecified atom stereocenters. The third-order valence-electron chi connectivity index (χ3n) is 5.97. The number of aliphatic hydroxyl groups excluding tert-OH is 1. The average Bonchev–Trinajstić information content (AvgIpc) is 2.95. The lowest BCUT2D eigenvalue weighted by Gasteiger charge is -2.29. The quantitative estimate of drug-likeness (QED) is 0.604. The second-order valence-corrected chi connectivity index (χ2v) is 8.30. The minimum atomic E-state index is -0.821. The number of benzene rings is 1. The average molecular weight is 439 g/mol. The summed E-state index contributed by atoms with van der Waals surface area (Å²) in [6.07, 6.45) is 7.59. The fraction of sp³-hybridized carbons (Fsp3) is 0.440. The number of hydrogen-bond acceptors (Lipinski definition) is 6. The van der Waals surface area contributed by atoms with E-state index in [-0.39, 0.29) is 12.5 Å². The maximum absolute atomic E-state index is 10.8. The zero-order valence-electron chi connectivity index (χ0n) is 18.2. The predicted molar refractivity (Wildman–Crippen MR) is 121 cm³/mol. The Balaban J connectivity index is 1.52. The van der Waals surface area contributed by atoms with Crippen LogP contribution >= 0.6 is 0 Å². The lowest BCUT2D eigenvalue weighted by atomic mass is 9.97. The van der Waals surface area contributed by atoms with Gasteiger partial charge in [-0.05, 0) is 55.5 Å². The third-order valence-corrected chi connectivity index (χ3v) is 5.97. The monoisotopic (exact) mass is 438 g/mol. The van der Waals surface area contributed by atoms with Gasteiger partial charge >= 0.3 is 5.97 Å². The van der Waals surface area contributed by atoms with Crippen molar-refractivity contribution in [3.63, 3.8) is 0 Å². The Labute approximate surface area is 188 Å². The number of aliphatic hydroxyl groups is 1. The van der Waals surface area contributed by atoms with E-state index in [1.165, 1.54) is 0 Å². The zero-order chi connectivity index (χ0) is 22.3. The lowest BCUT2D eigenvalue weighted by Crippen LogP contribution is -2.36. The van der Waals surface area contributed by atoms with Gasteiger partial charge in [-0.15, -0.1) is 0 Å². The van der Waals surface area contributed by atoms with Crippen molar-refractivity contribution in [2.75, 3.05) is 26.2 Å². The Morgan fingerprint density at radius 2 is 2.09 bits per heavy atom. The van der Waals surface area contributed by atoms with Crippen molar-refractivity contribution >= 4 is 11.5 Å². The van der Waals surface area contributed by atoms with Gasteiger partial charge in [0.25, 0.3) is 0 Å². The maximum Gasteiger partial charge on any atom is 0.303 e. The molecule has 32 heavy (non-hydrogen) atoms. The summed E-state index contributed by atoms with van der Waals surface area (Å²) in [5.74, 6) is 1.20. The fourth-order valence-electron chi connectivity index (χ4n) is 4.21. The van der Waals surface area contributed by atoms with Crippen molar-refractivity contribution in [2.45, 2.75) is 44.6 Å². The number of likely N-dealkylation sites (tertiary alicyclic amines) is 1. The van der Waals surface area contributed by atoms with Gasteiger partial charge < -0.3 is 24.6 Å². The van der Waals surface area contributed by atoms with Crippen molar-refractivity contribution in [3.05, 3.63) is 53.7 Å². The van der Waals surface area contributed by atoms with Crippen molar-refractivity contribution in [1.82, 2.24) is 9.88 Å². The molecule has 1 fully saturated rings. The number of carboxylic acid groups (broad SMARTS) is 1. The largest absolute Gasteiger partial charge is 0.493 e. The number of allylic oxidation sites excluding steroid dienone is 1. The molecule has 0 bridgehead atoms. The molecular formula is C25H30N2O5. The first-order chi connectivity index (χ1) is 15.6. The van der Waals surface area contributed by atoms with Gasteiger partial charge in [0, 0.05) is 49.8 Å². The number of hydrogen-bond donors (Lipinski definition) is 2. The summed E-state index contributed by atoms with van der Waals surface area (Å²) in [5.41, 5.74) is 3.08. The molecule has 4 rings (SSSR count). The number of fused-ring (bicyclic) bond motifs is 2. The smallest absolute Gasteiger partial charge is 0.303 e. The summed E-state index contributed by atoms with van der Waals surface area (Å²) in [6, 6.07) is 9.66. The molecule has 1 aromatic heterocycles. The van der Waals surface area contributed by atoms with E-state index in [4.69, 9.17) is 14.6 Å². The normalized spacial score (nSPS) is 17.8. The van der Waals surface area contributed by atoms with Crippen LogP contribution in [-0.2, 0) is 11.2 Å². The number of piperidine rings is 1. The summed E-state index contributed by atoms with van der Waals surface area (Å²) in [7, 11) is 0. The minimum Gasteiger partial charge on any atom is -0.493 e. The van der Waals surface area contributed by atoms with Crippen LogP contribution in [0.4, 0.5) is 0 Å². The summed E-state index contributed by atoms with van der Waals surface area (Å²) in [4.78, 5) is 17.6. The van der Waals surface area contributed by atoms with E-state index in [1.54, 1.807) is 6.20 Å². The molecule has 0 aliphatic carbocycles. The van der Waals surface area contributed by atoms with Crippen molar-refractivity contribution in [2.24, 2.45) is 0 Å². The highest BCUT2D eigenvalue weighted by Gasteiger charge is 2.23. The number of nitrogens with zero attached hydrogens (tertiary/aromatic N) is 2. The number of aliphatic carboxylic acids is 1. The van der Waals surface area contributed by atoms with Crippen LogP contribution in [0.15, 0.2) is 42.6 Å². The maximum atomic E-state index is 10.8. The second-order valence-electron chi connectivity index (χ2n) is 8.30. The van der Waals surface area contributed by atoms with Gasteiger partial charge in [0.05, 0.1) is 12.7 Å². The van der Waals surface area contributed by atoms with E-state index in [0.29, 0.717) is 31.1 Å². The molecule has 0 radical (unpaired) electrons. The van der Waals surface area contributed by atoms with Gasteiger partial charge in [-0.1, -0.05) is 12.1 Å². The van der Waals surface area contributed by atoms with Gasteiger partial charge in [0.2, 0.25) is 5.88 Å². The highest BCUT2D eigenvalue weighted by molar-refractivity contribution is 5.75. The highest BCUT2D eigenvalue weighted by Crippen LogP contribution is 2.41. The van der Waals surface area contributed by atoms with E-state index in [2.05, 4.69) is 16.0 Å². The van der Waals surface area contributed by atoms with E-state index in [9.17, 15) is 9.90 Å². The molecule has 0 spiro atoms.